The Kier molecular flexibility index (Phi) is 7.09. The van der Waals surface area contributed by atoms with Gasteiger partial charge in [0.1, 0.15) is 0 Å². The molecular formula is C17H24BrNO2. The van der Waals surface area contributed by atoms with Crippen LogP contribution in [-0.2, 0) is 4.79 Å². The van der Waals surface area contributed by atoms with Crippen molar-refractivity contribution in [2.45, 2.75) is 45.4 Å². The number of hydrogen-bond acceptors (Lipinski definition) is 2. The van der Waals surface area contributed by atoms with Crippen molar-refractivity contribution >= 4 is 33.3 Å². The number of carbonyl (C=O) groups is 2. The van der Waals surface area contributed by atoms with Crippen LogP contribution in [0.1, 0.15) is 50.9 Å². The first-order chi connectivity index (χ1) is 9.90. The molecule has 1 rings (SSSR count). The first-order valence-corrected chi connectivity index (χ1v) is 8.41. The highest BCUT2D eigenvalue weighted by atomic mass is 79.9. The molecule has 1 aromatic rings. The maximum Gasteiger partial charge on any atom is 0.227 e. The van der Waals surface area contributed by atoms with Crippen molar-refractivity contribution in [1.82, 2.24) is 0 Å². The monoisotopic (exact) mass is 353 g/mol. The summed E-state index contributed by atoms with van der Waals surface area (Å²) in [5, 5.41) is 2.90. The Balaban J connectivity index is 2.75. The Bertz CT molecular complexity index is 478. The van der Waals surface area contributed by atoms with Gasteiger partial charge < -0.3 is 5.32 Å². The summed E-state index contributed by atoms with van der Waals surface area (Å²) in [6.07, 6.45) is 1.66. The molecular weight excluding hydrogens is 330 g/mol. The molecule has 21 heavy (non-hydrogen) atoms. The SMILES string of the molecule is CCC(CC)C(=O)Nc1ccc(C(=O)C(Br)C(C)C)cc1. The molecule has 0 saturated heterocycles. The summed E-state index contributed by atoms with van der Waals surface area (Å²) >= 11 is 3.42. The summed E-state index contributed by atoms with van der Waals surface area (Å²) < 4.78 is 0. The molecule has 0 aliphatic carbocycles. The van der Waals surface area contributed by atoms with Gasteiger partial charge in [0, 0.05) is 17.2 Å². The lowest BCUT2D eigenvalue weighted by Crippen LogP contribution is -2.22. The molecule has 0 aliphatic rings. The fourth-order valence-corrected chi connectivity index (χ4v) is 2.35. The highest BCUT2D eigenvalue weighted by Crippen LogP contribution is 2.20. The predicted octanol–water partition coefficient (Wildman–Crippen LogP) is 4.66. The van der Waals surface area contributed by atoms with Crippen LogP contribution in [0.25, 0.3) is 0 Å². The summed E-state index contributed by atoms with van der Waals surface area (Å²) in [6.45, 7) is 8.03. The first kappa shape index (κ1) is 17.9. The topological polar surface area (TPSA) is 46.2 Å². The summed E-state index contributed by atoms with van der Waals surface area (Å²) in [7, 11) is 0. The van der Waals surface area contributed by atoms with E-state index in [-0.39, 0.29) is 28.4 Å². The van der Waals surface area contributed by atoms with Crippen molar-refractivity contribution in [3.63, 3.8) is 0 Å². The van der Waals surface area contributed by atoms with Crippen LogP contribution in [0.5, 0.6) is 0 Å². The first-order valence-electron chi connectivity index (χ1n) is 7.49. The minimum Gasteiger partial charge on any atom is -0.326 e. The summed E-state index contributed by atoms with van der Waals surface area (Å²) in [5.74, 6) is 0.397. The quantitative estimate of drug-likeness (QED) is 0.572. The Morgan fingerprint density at radius 1 is 1.10 bits per heavy atom. The van der Waals surface area contributed by atoms with E-state index in [9.17, 15) is 9.59 Å². The lowest BCUT2D eigenvalue weighted by atomic mass is 10.0. The molecule has 0 bridgehead atoms. The molecule has 0 saturated carbocycles. The van der Waals surface area contributed by atoms with Gasteiger partial charge in [-0.2, -0.15) is 0 Å². The third-order valence-corrected chi connectivity index (χ3v) is 5.10. The zero-order valence-electron chi connectivity index (χ0n) is 13.2. The number of Topliss-reactive ketones (excluding diaryl/α,β-unsaturated/α-hetero) is 1. The van der Waals surface area contributed by atoms with E-state index in [2.05, 4.69) is 21.2 Å². The molecule has 3 nitrogen and oxygen atoms in total. The molecule has 0 spiro atoms. The second kappa shape index (κ2) is 8.32. The zero-order valence-corrected chi connectivity index (χ0v) is 14.7. The van der Waals surface area contributed by atoms with Gasteiger partial charge >= 0.3 is 0 Å². The van der Waals surface area contributed by atoms with Crippen LogP contribution in [0, 0.1) is 11.8 Å². The predicted molar refractivity (Wildman–Crippen MR) is 91.0 cm³/mol. The Labute approximate surface area is 135 Å². The number of hydrogen-bond donors (Lipinski definition) is 1. The van der Waals surface area contributed by atoms with E-state index in [4.69, 9.17) is 0 Å². The normalized spacial score (nSPS) is 12.5. The minimum atomic E-state index is -0.178. The van der Waals surface area contributed by atoms with E-state index in [1.165, 1.54) is 0 Å². The molecule has 0 heterocycles. The fraction of sp³-hybridized carbons (Fsp3) is 0.529. The highest BCUT2D eigenvalue weighted by Gasteiger charge is 2.20. The van der Waals surface area contributed by atoms with E-state index >= 15 is 0 Å². The number of halogens is 1. The van der Waals surface area contributed by atoms with Crippen LogP contribution in [0.15, 0.2) is 24.3 Å². The van der Waals surface area contributed by atoms with Crippen LogP contribution in [-0.4, -0.2) is 16.5 Å². The van der Waals surface area contributed by atoms with E-state index in [1.807, 2.05) is 27.7 Å². The second-order valence-electron chi connectivity index (χ2n) is 5.59. The van der Waals surface area contributed by atoms with Crippen LogP contribution < -0.4 is 5.32 Å². The largest absolute Gasteiger partial charge is 0.326 e. The van der Waals surface area contributed by atoms with Gasteiger partial charge in [0.05, 0.1) is 4.83 Å². The van der Waals surface area contributed by atoms with Gasteiger partial charge in [-0.05, 0) is 43.0 Å². The van der Waals surface area contributed by atoms with E-state index in [0.29, 0.717) is 5.56 Å². The van der Waals surface area contributed by atoms with Crippen molar-refractivity contribution in [2.24, 2.45) is 11.8 Å². The highest BCUT2D eigenvalue weighted by molar-refractivity contribution is 9.10. The minimum absolute atomic E-state index is 0.0409. The standard InChI is InChI=1S/C17H24BrNO2/c1-5-12(6-2)17(21)19-14-9-7-13(8-10-14)16(20)15(18)11(3)4/h7-12,15H,5-6H2,1-4H3,(H,19,21). The maximum atomic E-state index is 12.2. The zero-order chi connectivity index (χ0) is 16.0. The Hall–Kier alpha value is -1.16. The van der Waals surface area contributed by atoms with E-state index < -0.39 is 0 Å². The van der Waals surface area contributed by atoms with Crippen LogP contribution in [0.2, 0.25) is 0 Å². The fourth-order valence-electron chi connectivity index (χ4n) is 2.08. The van der Waals surface area contributed by atoms with Gasteiger partial charge in [0.2, 0.25) is 5.91 Å². The molecule has 1 atom stereocenters. The third-order valence-electron chi connectivity index (χ3n) is 3.63. The lowest BCUT2D eigenvalue weighted by molar-refractivity contribution is -0.120. The van der Waals surface area contributed by atoms with E-state index in [0.717, 1.165) is 18.5 Å². The molecule has 0 radical (unpaired) electrons. The number of anilines is 1. The van der Waals surface area contributed by atoms with E-state index in [1.54, 1.807) is 24.3 Å². The Morgan fingerprint density at radius 3 is 2.05 bits per heavy atom. The van der Waals surface area contributed by atoms with Crippen molar-refractivity contribution in [1.29, 1.82) is 0 Å². The van der Waals surface area contributed by atoms with Gasteiger partial charge in [0.15, 0.2) is 5.78 Å². The lowest BCUT2D eigenvalue weighted by Gasteiger charge is -2.14. The van der Waals surface area contributed by atoms with Gasteiger partial charge in [-0.3, -0.25) is 9.59 Å². The van der Waals surface area contributed by atoms with Gasteiger partial charge in [-0.15, -0.1) is 0 Å². The molecule has 0 aromatic heterocycles. The van der Waals surface area contributed by atoms with Gasteiger partial charge in [-0.1, -0.05) is 43.6 Å². The smallest absolute Gasteiger partial charge is 0.227 e. The molecule has 1 aromatic carbocycles. The molecule has 1 amide bonds. The number of rotatable bonds is 7. The molecule has 0 aliphatic heterocycles. The maximum absolute atomic E-state index is 12.2. The second-order valence-corrected chi connectivity index (χ2v) is 6.58. The number of benzene rings is 1. The summed E-state index contributed by atoms with van der Waals surface area (Å²) in [6, 6.07) is 7.10. The van der Waals surface area contributed by atoms with Crippen molar-refractivity contribution < 1.29 is 9.59 Å². The van der Waals surface area contributed by atoms with Gasteiger partial charge in [-0.25, -0.2) is 0 Å². The van der Waals surface area contributed by atoms with Crippen molar-refractivity contribution in [3.8, 4) is 0 Å². The Morgan fingerprint density at radius 2 is 1.62 bits per heavy atom. The third kappa shape index (κ3) is 4.95. The van der Waals surface area contributed by atoms with Crippen LogP contribution >= 0.6 is 15.9 Å². The van der Waals surface area contributed by atoms with Crippen molar-refractivity contribution in [3.05, 3.63) is 29.8 Å². The number of carbonyl (C=O) groups excluding carboxylic acids is 2. The molecule has 116 valence electrons. The number of amides is 1. The molecule has 4 heteroatoms. The average Bonchev–Trinajstić information content (AvgIpc) is 2.47. The van der Waals surface area contributed by atoms with Crippen LogP contribution in [0.4, 0.5) is 5.69 Å². The summed E-state index contributed by atoms with van der Waals surface area (Å²) in [4.78, 5) is 24.0. The number of alkyl halides is 1. The average molecular weight is 354 g/mol. The van der Waals surface area contributed by atoms with Crippen molar-refractivity contribution in [2.75, 3.05) is 5.32 Å². The van der Waals surface area contributed by atoms with Gasteiger partial charge in [0.25, 0.3) is 0 Å². The molecule has 1 N–H and O–H groups in total. The molecule has 1 unspecified atom stereocenters. The number of ketones is 1. The van der Waals surface area contributed by atoms with Crippen LogP contribution in [0.3, 0.4) is 0 Å². The molecule has 0 fully saturated rings. The number of nitrogens with one attached hydrogen (secondary N) is 1. The summed E-state index contributed by atoms with van der Waals surface area (Å²) in [5.41, 5.74) is 1.39.